The fraction of sp³-hybridized carbons (Fsp3) is 0.364. The van der Waals surface area contributed by atoms with Crippen LogP contribution in [0.25, 0.3) is 11.9 Å². The molecule has 1 N–H and O–H groups in total. The number of barbiturate groups is 1. The summed E-state index contributed by atoms with van der Waals surface area (Å²) >= 11 is 0. The molecule has 1 aliphatic carbocycles. The molecule has 4 amide bonds. The van der Waals surface area contributed by atoms with Crippen molar-refractivity contribution in [3.8, 4) is 5.82 Å². The molecule has 150 valence electrons. The van der Waals surface area contributed by atoms with Gasteiger partial charge in [-0.15, -0.1) is 0 Å². The second-order valence-electron chi connectivity index (χ2n) is 7.78. The van der Waals surface area contributed by atoms with E-state index < -0.39 is 17.8 Å². The van der Waals surface area contributed by atoms with Gasteiger partial charge in [-0.25, -0.2) is 9.78 Å². The number of aromatic nitrogens is 2. The molecule has 0 aromatic carbocycles. The summed E-state index contributed by atoms with van der Waals surface area (Å²) in [5, 5.41) is 2.33. The van der Waals surface area contributed by atoms with Crippen LogP contribution in [0.2, 0.25) is 0 Å². The Balaban J connectivity index is 1.73. The van der Waals surface area contributed by atoms with E-state index >= 15 is 0 Å². The number of amides is 4. The summed E-state index contributed by atoms with van der Waals surface area (Å²) in [4.78, 5) is 43.4. The standard InChI is InChI=1S/C22H24N4O3/c1-13-8-9-23-19(10-13)25-14(2)11-16(15(25)3)12-18-20(27)24-22(29)26(21(18)28)17-6-4-5-7-17/h8-12,17H,4-7H2,1-3H3,(H,24,27,29)/b18-12+. The molecule has 2 aromatic heterocycles. The first kappa shape index (κ1) is 19.1. The Morgan fingerprint density at radius 2 is 1.83 bits per heavy atom. The highest BCUT2D eigenvalue weighted by Gasteiger charge is 2.40. The SMILES string of the molecule is Cc1ccnc(-n2c(C)cc(/C=C3\C(=O)NC(=O)N(C4CCCC4)C3=O)c2C)c1. The van der Waals surface area contributed by atoms with E-state index in [1.807, 2.05) is 43.5 Å². The highest BCUT2D eigenvalue weighted by molar-refractivity contribution is 6.31. The summed E-state index contributed by atoms with van der Waals surface area (Å²) in [6.45, 7) is 5.88. The molecule has 0 radical (unpaired) electrons. The van der Waals surface area contributed by atoms with E-state index in [2.05, 4.69) is 10.3 Å². The molecule has 2 fully saturated rings. The van der Waals surface area contributed by atoms with E-state index in [-0.39, 0.29) is 11.6 Å². The molecule has 7 nitrogen and oxygen atoms in total. The molecule has 0 spiro atoms. The number of nitrogens with one attached hydrogen (secondary N) is 1. The predicted molar refractivity (Wildman–Crippen MR) is 108 cm³/mol. The van der Waals surface area contributed by atoms with E-state index in [9.17, 15) is 14.4 Å². The van der Waals surface area contributed by atoms with Crippen molar-refractivity contribution in [3.63, 3.8) is 0 Å². The number of aryl methyl sites for hydroxylation is 2. The van der Waals surface area contributed by atoms with E-state index in [4.69, 9.17) is 0 Å². The van der Waals surface area contributed by atoms with Crippen LogP contribution < -0.4 is 5.32 Å². The Hall–Kier alpha value is -3.22. The fourth-order valence-corrected chi connectivity index (χ4v) is 4.25. The normalized spacial score (nSPS) is 19.3. The highest BCUT2D eigenvalue weighted by Crippen LogP contribution is 2.28. The molecule has 1 aliphatic heterocycles. The van der Waals surface area contributed by atoms with Crippen LogP contribution in [-0.4, -0.2) is 38.3 Å². The van der Waals surface area contributed by atoms with Crippen LogP contribution in [0.15, 0.2) is 30.0 Å². The molecule has 2 aromatic rings. The Morgan fingerprint density at radius 3 is 2.52 bits per heavy atom. The van der Waals surface area contributed by atoms with Crippen molar-refractivity contribution in [1.82, 2.24) is 19.8 Å². The summed E-state index contributed by atoms with van der Waals surface area (Å²) in [7, 11) is 0. The molecule has 29 heavy (non-hydrogen) atoms. The zero-order valence-corrected chi connectivity index (χ0v) is 16.9. The Bertz CT molecular complexity index is 1040. The summed E-state index contributed by atoms with van der Waals surface area (Å²) < 4.78 is 1.99. The summed E-state index contributed by atoms with van der Waals surface area (Å²) in [5.41, 5.74) is 3.66. The monoisotopic (exact) mass is 392 g/mol. The fourth-order valence-electron chi connectivity index (χ4n) is 4.25. The molecule has 7 heteroatoms. The number of hydrogen-bond donors (Lipinski definition) is 1. The van der Waals surface area contributed by atoms with Crippen molar-refractivity contribution in [2.75, 3.05) is 0 Å². The Kier molecular flexibility index (Phi) is 4.82. The number of carbonyl (C=O) groups is 3. The van der Waals surface area contributed by atoms with Gasteiger partial charge in [-0.1, -0.05) is 12.8 Å². The van der Waals surface area contributed by atoms with Gasteiger partial charge in [0.25, 0.3) is 11.8 Å². The molecule has 2 aliphatic rings. The lowest BCUT2D eigenvalue weighted by molar-refractivity contribution is -0.131. The van der Waals surface area contributed by atoms with Crippen LogP contribution in [0.5, 0.6) is 0 Å². The maximum Gasteiger partial charge on any atom is 0.331 e. The summed E-state index contributed by atoms with van der Waals surface area (Å²) in [6.07, 6.45) is 6.88. The van der Waals surface area contributed by atoms with Gasteiger partial charge in [-0.3, -0.25) is 19.8 Å². The lowest BCUT2D eigenvalue weighted by atomic mass is 10.1. The molecule has 0 unspecified atom stereocenters. The minimum Gasteiger partial charge on any atom is -0.303 e. The number of nitrogens with zero attached hydrogens (tertiary/aromatic N) is 3. The van der Waals surface area contributed by atoms with Crippen LogP contribution in [-0.2, 0) is 9.59 Å². The second-order valence-corrected chi connectivity index (χ2v) is 7.78. The third-order valence-electron chi connectivity index (χ3n) is 5.72. The molecule has 0 atom stereocenters. The number of pyridine rings is 1. The topological polar surface area (TPSA) is 84.3 Å². The van der Waals surface area contributed by atoms with Crippen LogP contribution >= 0.6 is 0 Å². The first-order valence-corrected chi connectivity index (χ1v) is 9.89. The van der Waals surface area contributed by atoms with Crippen LogP contribution in [0.1, 0.15) is 48.2 Å². The van der Waals surface area contributed by atoms with E-state index in [0.717, 1.165) is 54.0 Å². The van der Waals surface area contributed by atoms with Gasteiger partial charge >= 0.3 is 6.03 Å². The number of carbonyl (C=O) groups excluding carboxylic acids is 3. The molecule has 0 bridgehead atoms. The lowest BCUT2D eigenvalue weighted by Crippen LogP contribution is -2.57. The van der Waals surface area contributed by atoms with Gasteiger partial charge < -0.3 is 4.57 Å². The summed E-state index contributed by atoms with van der Waals surface area (Å²) in [6, 6.07) is 5.08. The van der Waals surface area contributed by atoms with Gasteiger partial charge in [0.2, 0.25) is 0 Å². The van der Waals surface area contributed by atoms with Crippen LogP contribution in [0, 0.1) is 20.8 Å². The molecule has 3 heterocycles. The smallest absolute Gasteiger partial charge is 0.303 e. The zero-order chi connectivity index (χ0) is 20.7. The third-order valence-corrected chi connectivity index (χ3v) is 5.72. The first-order valence-electron chi connectivity index (χ1n) is 9.89. The largest absolute Gasteiger partial charge is 0.331 e. The van der Waals surface area contributed by atoms with E-state index in [1.54, 1.807) is 12.3 Å². The van der Waals surface area contributed by atoms with Crippen LogP contribution in [0.3, 0.4) is 0 Å². The predicted octanol–water partition coefficient (Wildman–Crippen LogP) is 3.20. The maximum absolute atomic E-state index is 13.0. The molecular weight excluding hydrogens is 368 g/mol. The Morgan fingerprint density at radius 1 is 1.10 bits per heavy atom. The van der Waals surface area contributed by atoms with Gasteiger partial charge in [0.15, 0.2) is 0 Å². The Labute approximate surface area is 169 Å². The van der Waals surface area contributed by atoms with Gasteiger partial charge in [-0.2, -0.15) is 0 Å². The number of hydrogen-bond acceptors (Lipinski definition) is 4. The maximum atomic E-state index is 13.0. The minimum atomic E-state index is -0.646. The van der Waals surface area contributed by atoms with Gasteiger partial charge in [0, 0.05) is 23.6 Å². The van der Waals surface area contributed by atoms with Gasteiger partial charge in [0.1, 0.15) is 11.4 Å². The van der Waals surface area contributed by atoms with E-state index in [1.165, 1.54) is 4.90 Å². The molecule has 1 saturated carbocycles. The van der Waals surface area contributed by atoms with E-state index in [0.29, 0.717) is 0 Å². The van der Waals surface area contributed by atoms with Gasteiger partial charge in [-0.05, 0) is 69.0 Å². The zero-order valence-electron chi connectivity index (χ0n) is 16.9. The molecule has 1 saturated heterocycles. The van der Waals surface area contributed by atoms with Crippen molar-refractivity contribution >= 4 is 23.9 Å². The summed E-state index contributed by atoms with van der Waals surface area (Å²) in [5.74, 6) is -0.372. The average molecular weight is 392 g/mol. The van der Waals surface area contributed by atoms with Crippen molar-refractivity contribution in [3.05, 3.63) is 52.5 Å². The molecular formula is C22H24N4O3. The number of imide groups is 2. The minimum absolute atomic E-state index is 0.00560. The number of rotatable bonds is 3. The molecule has 4 rings (SSSR count). The number of urea groups is 1. The highest BCUT2D eigenvalue weighted by atomic mass is 16.2. The average Bonchev–Trinajstić information content (AvgIpc) is 3.27. The third kappa shape index (κ3) is 3.37. The van der Waals surface area contributed by atoms with Crippen molar-refractivity contribution in [1.29, 1.82) is 0 Å². The van der Waals surface area contributed by atoms with Crippen LogP contribution in [0.4, 0.5) is 4.79 Å². The van der Waals surface area contributed by atoms with Crippen molar-refractivity contribution in [2.45, 2.75) is 52.5 Å². The second kappa shape index (κ2) is 7.31. The van der Waals surface area contributed by atoms with Gasteiger partial charge in [0.05, 0.1) is 0 Å². The quantitative estimate of drug-likeness (QED) is 0.642. The van der Waals surface area contributed by atoms with Crippen molar-refractivity contribution < 1.29 is 14.4 Å². The van der Waals surface area contributed by atoms with Crippen molar-refractivity contribution in [2.24, 2.45) is 0 Å². The lowest BCUT2D eigenvalue weighted by Gasteiger charge is -2.31. The first-order chi connectivity index (χ1) is 13.9.